The van der Waals surface area contributed by atoms with Crippen molar-refractivity contribution in [3.8, 4) is 5.75 Å². The SMILES string of the molecule is CCNC(=NCC(=O)OC(C)(C)C)NCC(c1ccccc1OC)N1CCCC1. The molecule has 0 bridgehead atoms. The number of para-hydroxylation sites is 1. The minimum atomic E-state index is -0.511. The smallest absolute Gasteiger partial charge is 0.328 e. The van der Waals surface area contributed by atoms with Crippen molar-refractivity contribution in [3.63, 3.8) is 0 Å². The predicted molar refractivity (Wildman–Crippen MR) is 116 cm³/mol. The number of nitrogens with zero attached hydrogens (tertiary/aromatic N) is 2. The van der Waals surface area contributed by atoms with Crippen LogP contribution in [-0.4, -0.2) is 62.3 Å². The minimum absolute atomic E-state index is 0.0182. The molecule has 1 aliphatic heterocycles. The summed E-state index contributed by atoms with van der Waals surface area (Å²) >= 11 is 0. The largest absolute Gasteiger partial charge is 0.496 e. The number of nitrogens with one attached hydrogen (secondary N) is 2. The summed E-state index contributed by atoms with van der Waals surface area (Å²) in [6, 6.07) is 8.32. The number of carbonyl (C=O) groups excluding carboxylic acids is 1. The fourth-order valence-corrected chi connectivity index (χ4v) is 3.48. The van der Waals surface area contributed by atoms with Gasteiger partial charge in [-0.2, -0.15) is 0 Å². The van der Waals surface area contributed by atoms with Crippen molar-refractivity contribution in [2.75, 3.05) is 39.8 Å². The summed E-state index contributed by atoms with van der Waals surface area (Å²) in [6.45, 7) is 11.1. The number of methoxy groups -OCH3 is 1. The van der Waals surface area contributed by atoms with E-state index in [2.05, 4.69) is 26.6 Å². The Morgan fingerprint density at radius 2 is 1.90 bits per heavy atom. The molecule has 1 unspecified atom stereocenters. The van der Waals surface area contributed by atoms with Crippen LogP contribution in [-0.2, 0) is 9.53 Å². The molecule has 1 atom stereocenters. The van der Waals surface area contributed by atoms with Gasteiger partial charge in [0.25, 0.3) is 0 Å². The zero-order valence-corrected chi connectivity index (χ0v) is 18.5. The summed E-state index contributed by atoms with van der Waals surface area (Å²) in [4.78, 5) is 18.9. The summed E-state index contributed by atoms with van der Waals surface area (Å²) in [6.07, 6.45) is 2.41. The molecule has 1 fully saturated rings. The van der Waals surface area contributed by atoms with E-state index in [1.165, 1.54) is 12.8 Å². The van der Waals surface area contributed by atoms with Gasteiger partial charge in [0, 0.05) is 18.7 Å². The van der Waals surface area contributed by atoms with E-state index in [0.717, 1.165) is 24.4 Å². The maximum absolute atomic E-state index is 12.0. The van der Waals surface area contributed by atoms with Gasteiger partial charge in [0.05, 0.1) is 13.2 Å². The van der Waals surface area contributed by atoms with Gasteiger partial charge >= 0.3 is 5.97 Å². The number of aliphatic imine (C=N–C) groups is 1. The van der Waals surface area contributed by atoms with Gasteiger partial charge in [-0.1, -0.05) is 18.2 Å². The molecule has 0 spiro atoms. The van der Waals surface area contributed by atoms with E-state index in [4.69, 9.17) is 9.47 Å². The molecule has 1 aromatic carbocycles. The van der Waals surface area contributed by atoms with Gasteiger partial charge in [-0.05, 0) is 59.7 Å². The Hall–Kier alpha value is -2.28. The Labute approximate surface area is 174 Å². The van der Waals surface area contributed by atoms with Crippen LogP contribution in [0, 0.1) is 0 Å². The van der Waals surface area contributed by atoms with E-state index in [0.29, 0.717) is 19.0 Å². The van der Waals surface area contributed by atoms with Crippen LogP contribution >= 0.6 is 0 Å². The van der Waals surface area contributed by atoms with E-state index >= 15 is 0 Å². The molecule has 2 rings (SSSR count). The Morgan fingerprint density at radius 3 is 2.52 bits per heavy atom. The topological polar surface area (TPSA) is 75.2 Å². The first kappa shape index (κ1) is 23.0. The highest BCUT2D eigenvalue weighted by Crippen LogP contribution is 2.31. The van der Waals surface area contributed by atoms with Crippen molar-refractivity contribution in [2.24, 2.45) is 4.99 Å². The third-order valence-electron chi connectivity index (χ3n) is 4.67. The standard InChI is InChI=1S/C22H36N4O3/c1-6-23-21(25-16-20(27)29-22(2,3)4)24-15-18(26-13-9-10-14-26)17-11-7-8-12-19(17)28-5/h7-8,11-12,18H,6,9-10,13-16H2,1-5H3,(H2,23,24,25). The lowest BCUT2D eigenvalue weighted by Gasteiger charge is -2.30. The van der Waals surface area contributed by atoms with Gasteiger partial charge in [-0.25, -0.2) is 4.99 Å². The Balaban J connectivity index is 2.10. The fraction of sp³-hybridized carbons (Fsp3) is 0.636. The third kappa shape index (κ3) is 7.57. The lowest BCUT2D eigenvalue weighted by atomic mass is 10.0. The van der Waals surface area contributed by atoms with E-state index in [9.17, 15) is 4.79 Å². The molecular weight excluding hydrogens is 368 g/mol. The van der Waals surface area contributed by atoms with Crippen molar-refractivity contribution in [1.82, 2.24) is 15.5 Å². The van der Waals surface area contributed by atoms with E-state index in [1.807, 2.05) is 45.9 Å². The van der Waals surface area contributed by atoms with Gasteiger partial charge in [0.15, 0.2) is 5.96 Å². The number of esters is 1. The molecule has 0 radical (unpaired) electrons. The number of hydrogen-bond acceptors (Lipinski definition) is 5. The zero-order valence-electron chi connectivity index (χ0n) is 18.5. The van der Waals surface area contributed by atoms with E-state index in [1.54, 1.807) is 7.11 Å². The number of benzene rings is 1. The molecule has 0 saturated carbocycles. The molecule has 7 heteroatoms. The Morgan fingerprint density at radius 1 is 1.21 bits per heavy atom. The monoisotopic (exact) mass is 404 g/mol. The lowest BCUT2D eigenvalue weighted by molar-refractivity contribution is -0.152. The van der Waals surface area contributed by atoms with Crippen LogP contribution in [0.4, 0.5) is 0 Å². The molecule has 7 nitrogen and oxygen atoms in total. The van der Waals surface area contributed by atoms with Gasteiger partial charge < -0.3 is 20.1 Å². The number of likely N-dealkylation sites (tertiary alicyclic amines) is 1. The first-order chi connectivity index (χ1) is 13.8. The molecule has 0 aliphatic carbocycles. The van der Waals surface area contributed by atoms with Crippen LogP contribution in [0.1, 0.15) is 52.1 Å². The second-order valence-corrected chi connectivity index (χ2v) is 8.16. The van der Waals surface area contributed by atoms with Gasteiger partial charge in [-0.3, -0.25) is 9.69 Å². The summed E-state index contributed by atoms with van der Waals surface area (Å²) < 4.78 is 11.0. The molecule has 1 heterocycles. The van der Waals surface area contributed by atoms with Crippen molar-refractivity contribution in [1.29, 1.82) is 0 Å². The minimum Gasteiger partial charge on any atom is -0.496 e. The predicted octanol–water partition coefficient (Wildman–Crippen LogP) is 2.73. The van der Waals surface area contributed by atoms with E-state index in [-0.39, 0.29) is 18.6 Å². The molecule has 29 heavy (non-hydrogen) atoms. The Bertz CT molecular complexity index is 679. The van der Waals surface area contributed by atoms with Crippen LogP contribution in [0.3, 0.4) is 0 Å². The molecule has 162 valence electrons. The second-order valence-electron chi connectivity index (χ2n) is 8.16. The molecule has 1 aliphatic rings. The summed E-state index contributed by atoms with van der Waals surface area (Å²) in [5.41, 5.74) is 0.649. The number of ether oxygens (including phenoxy) is 2. The Kier molecular flexibility index (Phi) is 8.76. The molecule has 0 aromatic heterocycles. The van der Waals surface area contributed by atoms with Gasteiger partial charge in [0.1, 0.15) is 17.9 Å². The average molecular weight is 405 g/mol. The molecule has 1 aromatic rings. The first-order valence-electron chi connectivity index (χ1n) is 10.4. The summed E-state index contributed by atoms with van der Waals surface area (Å²) in [7, 11) is 1.71. The van der Waals surface area contributed by atoms with Gasteiger partial charge in [0.2, 0.25) is 0 Å². The summed E-state index contributed by atoms with van der Waals surface area (Å²) in [5, 5.41) is 6.61. The molecule has 2 N–H and O–H groups in total. The zero-order chi connectivity index (χ0) is 21.3. The lowest BCUT2D eigenvalue weighted by Crippen LogP contribution is -2.43. The normalized spacial score (nSPS) is 16.4. The van der Waals surface area contributed by atoms with Crippen LogP contribution in [0.25, 0.3) is 0 Å². The van der Waals surface area contributed by atoms with Crippen molar-refractivity contribution < 1.29 is 14.3 Å². The van der Waals surface area contributed by atoms with Crippen LogP contribution in [0.2, 0.25) is 0 Å². The van der Waals surface area contributed by atoms with Crippen LogP contribution < -0.4 is 15.4 Å². The highest BCUT2D eigenvalue weighted by atomic mass is 16.6. The second kappa shape index (κ2) is 11.0. The van der Waals surface area contributed by atoms with Crippen LogP contribution in [0.5, 0.6) is 5.75 Å². The van der Waals surface area contributed by atoms with Crippen LogP contribution in [0.15, 0.2) is 29.3 Å². The number of guanidine groups is 1. The van der Waals surface area contributed by atoms with Crippen molar-refractivity contribution >= 4 is 11.9 Å². The average Bonchev–Trinajstić information content (AvgIpc) is 3.19. The highest BCUT2D eigenvalue weighted by Gasteiger charge is 2.26. The maximum atomic E-state index is 12.0. The molecule has 1 saturated heterocycles. The first-order valence-corrected chi connectivity index (χ1v) is 10.4. The fourth-order valence-electron chi connectivity index (χ4n) is 3.48. The third-order valence-corrected chi connectivity index (χ3v) is 4.67. The number of hydrogen-bond donors (Lipinski definition) is 2. The summed E-state index contributed by atoms with van der Waals surface area (Å²) in [5.74, 6) is 1.16. The van der Waals surface area contributed by atoms with E-state index < -0.39 is 5.60 Å². The number of carbonyl (C=O) groups is 1. The quantitative estimate of drug-likeness (QED) is 0.394. The molecule has 0 amide bonds. The maximum Gasteiger partial charge on any atom is 0.328 e. The molecular formula is C22H36N4O3. The van der Waals surface area contributed by atoms with Crippen molar-refractivity contribution in [2.45, 2.75) is 52.2 Å². The number of rotatable bonds is 8. The van der Waals surface area contributed by atoms with Gasteiger partial charge in [-0.15, -0.1) is 0 Å². The highest BCUT2D eigenvalue weighted by molar-refractivity contribution is 5.83. The van der Waals surface area contributed by atoms with Crippen molar-refractivity contribution in [3.05, 3.63) is 29.8 Å².